The maximum atomic E-state index is 12.4. The number of nitrogens with zero attached hydrogens (tertiary/aromatic N) is 2. The van der Waals surface area contributed by atoms with Crippen LogP contribution in [0.15, 0.2) is 42.6 Å². The fourth-order valence-corrected chi connectivity index (χ4v) is 3.96. The van der Waals surface area contributed by atoms with Crippen molar-refractivity contribution in [3.8, 4) is 5.75 Å². The zero-order valence-electron chi connectivity index (χ0n) is 16.7. The largest absolute Gasteiger partial charge is 0.486 e. The molecule has 0 saturated heterocycles. The second-order valence-corrected chi connectivity index (χ2v) is 10.4. The van der Waals surface area contributed by atoms with E-state index in [9.17, 15) is 4.21 Å². The monoisotopic (exact) mass is 451 g/mol. The first kappa shape index (κ1) is 22.0. The van der Waals surface area contributed by atoms with Gasteiger partial charge in [-0.15, -0.1) is 0 Å². The minimum Gasteiger partial charge on any atom is -0.486 e. The van der Waals surface area contributed by atoms with E-state index in [1.165, 1.54) is 0 Å². The summed E-state index contributed by atoms with van der Waals surface area (Å²) in [6.45, 7) is 7.95. The van der Waals surface area contributed by atoms with Crippen molar-refractivity contribution in [2.45, 2.75) is 45.1 Å². The van der Waals surface area contributed by atoms with Crippen LogP contribution in [0.5, 0.6) is 5.75 Å². The van der Waals surface area contributed by atoms with E-state index in [0.717, 1.165) is 16.6 Å². The molecule has 0 bridgehead atoms. The molecule has 3 rings (SSSR count). The van der Waals surface area contributed by atoms with E-state index in [4.69, 9.17) is 27.9 Å². The Bertz CT molecular complexity index is 1040. The molecule has 0 amide bonds. The van der Waals surface area contributed by atoms with Gasteiger partial charge in [-0.1, -0.05) is 29.3 Å². The van der Waals surface area contributed by atoms with Crippen molar-refractivity contribution in [3.63, 3.8) is 0 Å². The topological polar surface area (TPSA) is 64.1 Å². The highest BCUT2D eigenvalue weighted by Crippen LogP contribution is 2.33. The number of hydrogen-bond acceptors (Lipinski definition) is 4. The van der Waals surface area contributed by atoms with Gasteiger partial charge >= 0.3 is 0 Å². The van der Waals surface area contributed by atoms with Crippen LogP contribution in [0.2, 0.25) is 10.2 Å². The van der Waals surface area contributed by atoms with E-state index in [2.05, 4.69) is 14.7 Å². The number of aromatic nitrogens is 2. The molecule has 0 aliphatic heterocycles. The summed E-state index contributed by atoms with van der Waals surface area (Å²) in [4.78, 5) is 8.73. The predicted molar refractivity (Wildman–Crippen MR) is 120 cm³/mol. The number of ether oxygens (including phenoxy) is 1. The Balaban J connectivity index is 1.85. The first-order valence-electron chi connectivity index (χ1n) is 9.15. The molecule has 0 saturated carbocycles. The van der Waals surface area contributed by atoms with Crippen LogP contribution in [0.3, 0.4) is 0 Å². The predicted octanol–water partition coefficient (Wildman–Crippen LogP) is 5.63. The lowest BCUT2D eigenvalue weighted by molar-refractivity contribution is 0.302. The molecule has 1 N–H and O–H groups in total. The standard InChI is InChI=1S/C21H23Cl2N3O2S/c1-13(26-29(27)21(2,3)4)16-9-14-10-17(22)19(11-18(14)25-20(16)23)28-12-15-7-5-6-8-24-15/h5-11,13,26H,12H2,1-4H3/t13-,29-/m0/s1. The molecule has 3 aromatic rings. The molecule has 0 aliphatic carbocycles. The van der Waals surface area contributed by atoms with Gasteiger partial charge < -0.3 is 4.74 Å². The lowest BCUT2D eigenvalue weighted by atomic mass is 10.1. The summed E-state index contributed by atoms with van der Waals surface area (Å²) in [6, 6.07) is 10.9. The Labute approximate surface area is 183 Å². The number of rotatable bonds is 6. The van der Waals surface area contributed by atoms with E-state index >= 15 is 0 Å². The minimum absolute atomic E-state index is 0.238. The van der Waals surface area contributed by atoms with E-state index in [0.29, 0.717) is 28.0 Å². The number of nitrogens with one attached hydrogen (secondary N) is 1. The van der Waals surface area contributed by atoms with Crippen LogP contribution in [0.4, 0.5) is 0 Å². The van der Waals surface area contributed by atoms with Gasteiger partial charge in [-0.25, -0.2) is 13.9 Å². The maximum Gasteiger partial charge on any atom is 0.140 e. The highest BCUT2D eigenvalue weighted by molar-refractivity contribution is 7.84. The van der Waals surface area contributed by atoms with Gasteiger partial charge in [0.25, 0.3) is 0 Å². The van der Waals surface area contributed by atoms with Crippen molar-refractivity contribution in [1.82, 2.24) is 14.7 Å². The van der Waals surface area contributed by atoms with E-state index in [1.54, 1.807) is 18.3 Å². The molecule has 2 aromatic heterocycles. The molecule has 0 aliphatic rings. The quantitative estimate of drug-likeness (QED) is 0.493. The second-order valence-electron chi connectivity index (χ2n) is 7.67. The van der Waals surface area contributed by atoms with E-state index in [1.807, 2.05) is 52.0 Å². The highest BCUT2D eigenvalue weighted by atomic mass is 35.5. The molecule has 0 radical (unpaired) electrons. The Kier molecular flexibility index (Phi) is 6.79. The zero-order chi connectivity index (χ0) is 21.2. The molecule has 29 heavy (non-hydrogen) atoms. The summed E-state index contributed by atoms with van der Waals surface area (Å²) in [5, 5.41) is 1.65. The summed E-state index contributed by atoms with van der Waals surface area (Å²) >= 11 is 12.8. The third-order valence-corrected chi connectivity index (χ3v) is 6.54. The van der Waals surface area contributed by atoms with Crippen LogP contribution in [0.25, 0.3) is 10.9 Å². The average molecular weight is 452 g/mol. The first-order valence-corrected chi connectivity index (χ1v) is 11.1. The SMILES string of the molecule is C[C@H](N[S@@](=O)C(C)(C)C)c1cc2cc(Cl)c(OCc3ccccn3)cc2nc1Cl. The molecule has 154 valence electrons. The molecule has 2 atom stereocenters. The Hall–Kier alpha value is -1.73. The number of pyridine rings is 2. The summed E-state index contributed by atoms with van der Waals surface area (Å²) in [5.41, 5.74) is 2.23. The molecule has 2 heterocycles. The average Bonchev–Trinajstić information content (AvgIpc) is 2.66. The molecule has 0 fully saturated rings. The van der Waals surface area contributed by atoms with Crippen molar-refractivity contribution < 1.29 is 8.95 Å². The lowest BCUT2D eigenvalue weighted by Crippen LogP contribution is -2.34. The summed E-state index contributed by atoms with van der Waals surface area (Å²) in [6.07, 6.45) is 1.71. The summed E-state index contributed by atoms with van der Waals surface area (Å²) in [5.74, 6) is 0.515. The van der Waals surface area contributed by atoms with Crippen molar-refractivity contribution in [3.05, 3.63) is 64.0 Å². The number of hydrogen-bond donors (Lipinski definition) is 1. The van der Waals surface area contributed by atoms with Crippen molar-refractivity contribution >= 4 is 45.1 Å². The Morgan fingerprint density at radius 3 is 2.62 bits per heavy atom. The Morgan fingerprint density at radius 2 is 1.97 bits per heavy atom. The summed E-state index contributed by atoms with van der Waals surface area (Å²) < 4.78 is 20.9. The van der Waals surface area contributed by atoms with E-state index < -0.39 is 11.0 Å². The van der Waals surface area contributed by atoms with Crippen LogP contribution >= 0.6 is 23.2 Å². The molecule has 1 aromatic carbocycles. The van der Waals surface area contributed by atoms with Gasteiger partial charge in [0.2, 0.25) is 0 Å². The van der Waals surface area contributed by atoms with E-state index in [-0.39, 0.29) is 10.8 Å². The van der Waals surface area contributed by atoms with Gasteiger partial charge in [0, 0.05) is 29.3 Å². The van der Waals surface area contributed by atoms with Gasteiger partial charge in [-0.2, -0.15) is 0 Å². The molecule has 0 spiro atoms. The zero-order valence-corrected chi connectivity index (χ0v) is 19.0. The molecular formula is C21H23Cl2N3O2S. The van der Waals surface area contributed by atoms with Crippen LogP contribution in [-0.2, 0) is 17.6 Å². The molecule has 5 nitrogen and oxygen atoms in total. The van der Waals surface area contributed by atoms with Crippen LogP contribution in [-0.4, -0.2) is 18.9 Å². The van der Waals surface area contributed by atoms with Gasteiger partial charge in [0.1, 0.15) is 17.5 Å². The number of benzene rings is 1. The molecule has 8 heteroatoms. The lowest BCUT2D eigenvalue weighted by Gasteiger charge is -2.22. The third-order valence-electron chi connectivity index (χ3n) is 4.26. The molecule has 0 unspecified atom stereocenters. The number of fused-ring (bicyclic) bond motifs is 1. The van der Waals surface area contributed by atoms with Gasteiger partial charge in [-0.05, 0) is 52.0 Å². The van der Waals surface area contributed by atoms with Gasteiger partial charge in [0.05, 0.1) is 32.0 Å². The van der Waals surface area contributed by atoms with Crippen LogP contribution in [0.1, 0.15) is 45.0 Å². The van der Waals surface area contributed by atoms with Crippen molar-refractivity contribution in [2.75, 3.05) is 0 Å². The smallest absolute Gasteiger partial charge is 0.140 e. The van der Waals surface area contributed by atoms with Gasteiger partial charge in [0.15, 0.2) is 0 Å². The first-order chi connectivity index (χ1) is 13.6. The maximum absolute atomic E-state index is 12.4. The van der Waals surface area contributed by atoms with Crippen LogP contribution < -0.4 is 9.46 Å². The summed E-state index contributed by atoms with van der Waals surface area (Å²) in [7, 11) is -1.23. The number of halogens is 2. The van der Waals surface area contributed by atoms with Crippen molar-refractivity contribution in [2.24, 2.45) is 0 Å². The van der Waals surface area contributed by atoms with Gasteiger partial charge in [-0.3, -0.25) is 4.98 Å². The third kappa shape index (κ3) is 5.45. The second kappa shape index (κ2) is 8.96. The minimum atomic E-state index is -1.23. The normalized spacial score (nSPS) is 14.0. The highest BCUT2D eigenvalue weighted by Gasteiger charge is 2.23. The fourth-order valence-electron chi connectivity index (χ4n) is 2.62. The van der Waals surface area contributed by atoms with Crippen LogP contribution in [0, 0.1) is 0 Å². The fraction of sp³-hybridized carbons (Fsp3) is 0.333. The Morgan fingerprint density at radius 1 is 1.21 bits per heavy atom. The van der Waals surface area contributed by atoms with Crippen molar-refractivity contribution in [1.29, 1.82) is 0 Å². The molecular weight excluding hydrogens is 429 g/mol.